The Morgan fingerprint density at radius 1 is 1.29 bits per heavy atom. The summed E-state index contributed by atoms with van der Waals surface area (Å²) in [5.74, 6) is -1.18. The van der Waals surface area contributed by atoms with Gasteiger partial charge in [0.25, 0.3) is 5.91 Å². The summed E-state index contributed by atoms with van der Waals surface area (Å²) in [5, 5.41) is 12.9. The number of aryl methyl sites for hydroxylation is 2. The zero-order valence-corrected chi connectivity index (χ0v) is 17.0. The van der Waals surface area contributed by atoms with Crippen LogP contribution in [0.5, 0.6) is 0 Å². The molecule has 3 heterocycles. The third kappa shape index (κ3) is 5.32. The summed E-state index contributed by atoms with van der Waals surface area (Å²) in [7, 11) is 1.59. The maximum atomic E-state index is 12.8. The zero-order chi connectivity index (χ0) is 22.8. The first kappa shape index (κ1) is 22.1. The second-order valence-electron chi connectivity index (χ2n) is 7.07. The molecule has 9 nitrogen and oxygen atoms in total. The highest BCUT2D eigenvalue weighted by Crippen LogP contribution is 2.28. The number of aromatic nitrogens is 4. The number of hydrogen-bond acceptors (Lipinski definition) is 5. The number of amides is 2. The largest absolute Gasteiger partial charge is 0.467 e. The van der Waals surface area contributed by atoms with Crippen LogP contribution in [0.1, 0.15) is 34.6 Å². The van der Waals surface area contributed by atoms with Gasteiger partial charge in [-0.25, -0.2) is 0 Å². The lowest BCUT2D eigenvalue weighted by Crippen LogP contribution is -2.28. The molecule has 31 heavy (non-hydrogen) atoms. The van der Waals surface area contributed by atoms with Crippen molar-refractivity contribution in [2.24, 2.45) is 13.0 Å². The molecule has 0 radical (unpaired) electrons. The molecular formula is C19H21F3N6O3. The van der Waals surface area contributed by atoms with Crippen LogP contribution >= 0.6 is 0 Å². The molecule has 0 bridgehead atoms. The quantitative estimate of drug-likeness (QED) is 0.590. The summed E-state index contributed by atoms with van der Waals surface area (Å²) in [6.45, 7) is 3.12. The maximum absolute atomic E-state index is 12.8. The Morgan fingerprint density at radius 3 is 2.65 bits per heavy atom. The summed E-state index contributed by atoms with van der Waals surface area (Å²) < 4.78 is 46.1. The molecule has 1 unspecified atom stereocenters. The summed E-state index contributed by atoms with van der Waals surface area (Å²) in [6, 6.07) is 4.31. The first-order valence-electron chi connectivity index (χ1n) is 9.31. The molecule has 3 aromatic rings. The molecule has 2 N–H and O–H groups in total. The van der Waals surface area contributed by atoms with Crippen LogP contribution in [-0.4, -0.2) is 31.4 Å². The highest BCUT2D eigenvalue weighted by atomic mass is 19.4. The van der Waals surface area contributed by atoms with Crippen LogP contribution in [0.4, 0.5) is 18.9 Å². The molecule has 12 heteroatoms. The van der Waals surface area contributed by atoms with Gasteiger partial charge < -0.3 is 15.1 Å². The Bertz CT molecular complexity index is 1070. The molecule has 0 spiro atoms. The lowest BCUT2D eigenvalue weighted by atomic mass is 10.1. The van der Waals surface area contributed by atoms with Crippen molar-refractivity contribution >= 4 is 17.5 Å². The third-order valence-corrected chi connectivity index (χ3v) is 4.47. The van der Waals surface area contributed by atoms with Crippen molar-refractivity contribution in [3.8, 4) is 0 Å². The van der Waals surface area contributed by atoms with Crippen molar-refractivity contribution in [1.82, 2.24) is 24.9 Å². The average molecular weight is 438 g/mol. The van der Waals surface area contributed by atoms with Crippen molar-refractivity contribution in [2.45, 2.75) is 33.1 Å². The number of halogens is 3. The Balaban J connectivity index is 1.66. The van der Waals surface area contributed by atoms with Gasteiger partial charge in [-0.1, -0.05) is 6.92 Å². The Labute approximate surface area is 175 Å². The van der Waals surface area contributed by atoms with E-state index in [9.17, 15) is 22.8 Å². The minimum atomic E-state index is -4.56. The first-order chi connectivity index (χ1) is 14.5. The number of carbonyl (C=O) groups excluding carboxylic acids is 2. The van der Waals surface area contributed by atoms with Crippen LogP contribution in [0.25, 0.3) is 0 Å². The van der Waals surface area contributed by atoms with Gasteiger partial charge in [0, 0.05) is 18.9 Å². The van der Waals surface area contributed by atoms with Crippen molar-refractivity contribution in [1.29, 1.82) is 0 Å². The average Bonchev–Trinajstić information content (AvgIpc) is 3.40. The number of nitrogens with zero attached hydrogens (tertiary/aromatic N) is 4. The minimum absolute atomic E-state index is 0.00392. The predicted molar refractivity (Wildman–Crippen MR) is 103 cm³/mol. The van der Waals surface area contributed by atoms with E-state index in [0.29, 0.717) is 5.76 Å². The molecule has 0 saturated carbocycles. The summed E-state index contributed by atoms with van der Waals surface area (Å²) in [4.78, 5) is 25.1. The Hall–Kier alpha value is -3.57. The molecule has 2 amide bonds. The van der Waals surface area contributed by atoms with E-state index in [1.165, 1.54) is 24.1 Å². The Kier molecular flexibility index (Phi) is 6.18. The molecule has 0 aliphatic heterocycles. The minimum Gasteiger partial charge on any atom is -0.467 e. The maximum Gasteiger partial charge on any atom is 0.435 e. The van der Waals surface area contributed by atoms with Gasteiger partial charge >= 0.3 is 6.18 Å². The van der Waals surface area contributed by atoms with E-state index < -0.39 is 29.6 Å². The van der Waals surface area contributed by atoms with Gasteiger partial charge in [0.05, 0.1) is 31.0 Å². The van der Waals surface area contributed by atoms with Crippen LogP contribution < -0.4 is 10.6 Å². The lowest BCUT2D eigenvalue weighted by molar-refractivity contribution is -0.141. The fourth-order valence-electron chi connectivity index (χ4n) is 2.84. The molecular weight excluding hydrogens is 417 g/mol. The van der Waals surface area contributed by atoms with Crippen LogP contribution in [0, 0.1) is 12.8 Å². The number of carbonyl (C=O) groups is 2. The van der Waals surface area contributed by atoms with Crippen molar-refractivity contribution in [3.05, 3.63) is 53.5 Å². The van der Waals surface area contributed by atoms with Gasteiger partial charge in [0.1, 0.15) is 5.76 Å². The van der Waals surface area contributed by atoms with Crippen molar-refractivity contribution in [3.63, 3.8) is 0 Å². The molecule has 0 saturated heterocycles. The third-order valence-electron chi connectivity index (χ3n) is 4.47. The normalized spacial score (nSPS) is 12.6. The standard InChI is InChI=1S/C19H21F3N6O3/c1-11(9-28-12(2)7-15(25-28)19(20,21)22)17(29)24-14-10-27(3)26-16(14)18(30)23-8-13-5-4-6-31-13/h4-7,10-11H,8-9H2,1-3H3,(H,23,30)(H,24,29). The fourth-order valence-corrected chi connectivity index (χ4v) is 2.84. The van der Waals surface area contributed by atoms with Gasteiger partial charge in [0.15, 0.2) is 11.4 Å². The fraction of sp³-hybridized carbons (Fsp3) is 0.368. The van der Waals surface area contributed by atoms with Gasteiger partial charge in [0.2, 0.25) is 5.91 Å². The molecule has 0 aliphatic rings. The van der Waals surface area contributed by atoms with Crippen molar-refractivity contribution in [2.75, 3.05) is 5.32 Å². The van der Waals surface area contributed by atoms with Crippen LogP contribution in [0.2, 0.25) is 0 Å². The monoisotopic (exact) mass is 438 g/mol. The highest BCUT2D eigenvalue weighted by molar-refractivity contribution is 6.02. The summed E-state index contributed by atoms with van der Waals surface area (Å²) >= 11 is 0. The van der Waals surface area contributed by atoms with Crippen LogP contribution in [-0.2, 0) is 31.1 Å². The van der Waals surface area contributed by atoms with Gasteiger partial charge in [-0.2, -0.15) is 23.4 Å². The number of nitrogens with one attached hydrogen (secondary N) is 2. The molecule has 1 atom stereocenters. The van der Waals surface area contributed by atoms with E-state index in [1.54, 1.807) is 26.1 Å². The number of furan rings is 1. The van der Waals surface area contributed by atoms with E-state index in [0.717, 1.165) is 10.7 Å². The second-order valence-corrected chi connectivity index (χ2v) is 7.07. The highest BCUT2D eigenvalue weighted by Gasteiger charge is 2.34. The lowest BCUT2D eigenvalue weighted by Gasteiger charge is -2.13. The molecule has 3 rings (SSSR count). The van der Waals surface area contributed by atoms with Crippen molar-refractivity contribution < 1.29 is 27.2 Å². The number of rotatable bonds is 7. The predicted octanol–water partition coefficient (Wildman–Crippen LogP) is 2.74. The molecule has 3 aromatic heterocycles. The number of alkyl halides is 3. The van der Waals surface area contributed by atoms with E-state index in [4.69, 9.17) is 4.42 Å². The Morgan fingerprint density at radius 2 is 2.03 bits per heavy atom. The number of hydrogen-bond donors (Lipinski definition) is 2. The molecule has 0 fully saturated rings. The zero-order valence-electron chi connectivity index (χ0n) is 17.0. The van der Waals surface area contributed by atoms with E-state index in [2.05, 4.69) is 20.8 Å². The van der Waals surface area contributed by atoms with Gasteiger partial charge in [-0.3, -0.25) is 19.0 Å². The van der Waals surface area contributed by atoms with E-state index in [-0.39, 0.29) is 30.2 Å². The topological polar surface area (TPSA) is 107 Å². The van der Waals surface area contributed by atoms with Gasteiger partial charge in [-0.15, -0.1) is 0 Å². The summed E-state index contributed by atoms with van der Waals surface area (Å²) in [6.07, 6.45) is -1.61. The smallest absolute Gasteiger partial charge is 0.435 e. The number of anilines is 1. The SMILES string of the molecule is Cc1cc(C(F)(F)F)nn1CC(C)C(=O)Nc1cn(C)nc1C(=O)NCc1ccco1. The van der Waals surface area contributed by atoms with Crippen LogP contribution in [0.15, 0.2) is 35.1 Å². The van der Waals surface area contributed by atoms with E-state index in [1.807, 2.05) is 0 Å². The second kappa shape index (κ2) is 8.66. The van der Waals surface area contributed by atoms with Gasteiger partial charge in [-0.05, 0) is 25.1 Å². The van der Waals surface area contributed by atoms with E-state index >= 15 is 0 Å². The molecule has 166 valence electrons. The first-order valence-corrected chi connectivity index (χ1v) is 9.31. The molecule has 0 aliphatic carbocycles. The molecule has 0 aromatic carbocycles. The van der Waals surface area contributed by atoms with Crippen LogP contribution in [0.3, 0.4) is 0 Å². The summed E-state index contributed by atoms with van der Waals surface area (Å²) in [5.41, 5.74) is -0.541.